The molecule has 0 saturated carbocycles. The van der Waals surface area contributed by atoms with Crippen LogP contribution in [0.4, 0.5) is 0 Å². The van der Waals surface area contributed by atoms with Gasteiger partial charge in [-0.15, -0.1) is 0 Å². The van der Waals surface area contributed by atoms with Gasteiger partial charge in [0.1, 0.15) is 0 Å². The number of carbonyl (C=O) groups is 2. The van der Waals surface area contributed by atoms with E-state index in [1.807, 2.05) is 0 Å². The monoisotopic (exact) mass is 123 g/mol. The number of rotatable bonds is 0. The van der Waals surface area contributed by atoms with Gasteiger partial charge in [-0.2, -0.15) is 5.26 Å². The molecule has 0 aromatic rings. The summed E-state index contributed by atoms with van der Waals surface area (Å²) in [6, 6.07) is 0. The molecule has 0 heterocycles. The summed E-state index contributed by atoms with van der Waals surface area (Å²) in [5.74, 6) is -3.50. The summed E-state index contributed by atoms with van der Waals surface area (Å²) in [5, 5.41) is 14.8. The first-order chi connectivity index (χ1) is 3.18. The maximum Gasteiger partial charge on any atom is 0.449 e. The fourth-order valence-corrected chi connectivity index (χ4v) is 0.0390. The number of carboxylic acids is 1. The standard InChI is InChI=1S/C2H2O5.H3N/c3-1(4)2(5)7-6;/h6H,(H,3,4);1H3. The predicted octanol–water partition coefficient (Wildman–Crippen LogP) is -0.751. The van der Waals surface area contributed by atoms with E-state index in [9.17, 15) is 9.59 Å². The Labute approximate surface area is 44.2 Å². The van der Waals surface area contributed by atoms with Crippen molar-refractivity contribution in [3.8, 4) is 0 Å². The van der Waals surface area contributed by atoms with Gasteiger partial charge in [0.15, 0.2) is 0 Å². The Bertz CT molecular complexity index is 98.6. The molecule has 0 spiro atoms. The SMILES string of the molecule is N.O=C(O)C(=O)OO. The minimum Gasteiger partial charge on any atom is -0.473 e. The Balaban J connectivity index is 0. The second kappa shape index (κ2) is 4.03. The molecule has 8 heavy (non-hydrogen) atoms. The highest BCUT2D eigenvalue weighted by Crippen LogP contribution is 1.67. The Hall–Kier alpha value is -1.14. The molecule has 0 aliphatic heterocycles. The predicted molar refractivity (Wildman–Crippen MR) is 21.4 cm³/mol. The number of carboxylic acid groups (broad SMARTS) is 1. The number of hydrogen-bond donors (Lipinski definition) is 3. The van der Waals surface area contributed by atoms with E-state index >= 15 is 0 Å². The van der Waals surface area contributed by atoms with E-state index < -0.39 is 11.9 Å². The van der Waals surface area contributed by atoms with Crippen molar-refractivity contribution in [2.75, 3.05) is 0 Å². The average Bonchev–Trinajstić information content (AvgIpc) is 1.65. The van der Waals surface area contributed by atoms with Crippen LogP contribution in [-0.4, -0.2) is 22.3 Å². The van der Waals surface area contributed by atoms with Crippen molar-refractivity contribution in [2.24, 2.45) is 0 Å². The first-order valence-electron chi connectivity index (χ1n) is 1.27. The van der Waals surface area contributed by atoms with Crippen LogP contribution in [0.2, 0.25) is 0 Å². The van der Waals surface area contributed by atoms with Crippen LogP contribution in [-0.2, 0) is 14.5 Å². The van der Waals surface area contributed by atoms with Crippen molar-refractivity contribution < 1.29 is 24.8 Å². The van der Waals surface area contributed by atoms with E-state index in [-0.39, 0.29) is 6.15 Å². The highest BCUT2D eigenvalue weighted by Gasteiger charge is 2.10. The van der Waals surface area contributed by atoms with Crippen molar-refractivity contribution in [2.45, 2.75) is 0 Å². The van der Waals surface area contributed by atoms with Crippen LogP contribution >= 0.6 is 0 Å². The lowest BCUT2D eigenvalue weighted by molar-refractivity contribution is -0.235. The largest absolute Gasteiger partial charge is 0.473 e. The minimum atomic E-state index is -1.82. The summed E-state index contributed by atoms with van der Waals surface area (Å²) in [6.45, 7) is 0. The van der Waals surface area contributed by atoms with Gasteiger partial charge in [-0.1, -0.05) is 0 Å². The van der Waals surface area contributed by atoms with Crippen LogP contribution in [0.3, 0.4) is 0 Å². The van der Waals surface area contributed by atoms with E-state index in [4.69, 9.17) is 10.4 Å². The normalized spacial score (nSPS) is 6.62. The van der Waals surface area contributed by atoms with Gasteiger partial charge in [-0.25, -0.2) is 9.59 Å². The molecular weight excluding hydrogens is 118 g/mol. The highest BCUT2D eigenvalue weighted by atomic mass is 17.1. The second-order valence-corrected chi connectivity index (χ2v) is 0.684. The molecule has 6 nitrogen and oxygen atoms in total. The van der Waals surface area contributed by atoms with Gasteiger partial charge in [0.2, 0.25) is 0 Å². The fraction of sp³-hybridized carbons (Fsp3) is 0. The molecule has 0 amide bonds. The molecule has 0 radical (unpaired) electrons. The van der Waals surface area contributed by atoms with Crippen molar-refractivity contribution in [1.29, 1.82) is 0 Å². The van der Waals surface area contributed by atoms with Crippen molar-refractivity contribution in [3.05, 3.63) is 0 Å². The lowest BCUT2D eigenvalue weighted by Crippen LogP contribution is -2.13. The molecule has 0 fully saturated rings. The molecule has 48 valence electrons. The fourth-order valence-electron chi connectivity index (χ4n) is 0.0390. The molecule has 0 rings (SSSR count). The maximum atomic E-state index is 9.44. The van der Waals surface area contributed by atoms with Crippen molar-refractivity contribution in [3.63, 3.8) is 0 Å². The molecule has 6 heteroatoms. The van der Waals surface area contributed by atoms with E-state index in [0.717, 1.165) is 0 Å². The topological polar surface area (TPSA) is 119 Å². The highest BCUT2D eigenvalue weighted by molar-refractivity contribution is 6.28. The lowest BCUT2D eigenvalue weighted by atomic mass is 10.7. The molecule has 0 bridgehead atoms. The second-order valence-electron chi connectivity index (χ2n) is 0.684. The quantitative estimate of drug-likeness (QED) is 0.221. The maximum absolute atomic E-state index is 9.44. The van der Waals surface area contributed by atoms with Gasteiger partial charge in [0.05, 0.1) is 0 Å². The minimum absolute atomic E-state index is 0. The van der Waals surface area contributed by atoms with Gasteiger partial charge in [-0.05, 0) is 0 Å². The van der Waals surface area contributed by atoms with Gasteiger partial charge in [0, 0.05) is 0 Å². The summed E-state index contributed by atoms with van der Waals surface area (Å²) in [4.78, 5) is 21.5. The third-order valence-electron chi connectivity index (χ3n) is 0.258. The Kier molecular flexibility index (Phi) is 5.02. The summed E-state index contributed by atoms with van der Waals surface area (Å²) in [6.07, 6.45) is 0. The molecule has 0 aromatic heterocycles. The molecule has 5 N–H and O–H groups in total. The van der Waals surface area contributed by atoms with Gasteiger partial charge in [-0.3, -0.25) is 4.89 Å². The molecular formula is C2H5NO5. The zero-order valence-electron chi connectivity index (χ0n) is 3.83. The Morgan fingerprint density at radius 2 is 1.75 bits per heavy atom. The van der Waals surface area contributed by atoms with E-state index in [2.05, 4.69) is 4.89 Å². The number of carbonyl (C=O) groups excluding carboxylic acids is 1. The molecule has 0 aliphatic carbocycles. The Morgan fingerprint density at radius 1 is 1.38 bits per heavy atom. The van der Waals surface area contributed by atoms with Crippen LogP contribution in [0.5, 0.6) is 0 Å². The van der Waals surface area contributed by atoms with E-state index in [1.54, 1.807) is 0 Å². The van der Waals surface area contributed by atoms with Crippen molar-refractivity contribution in [1.82, 2.24) is 6.15 Å². The molecule has 0 aliphatic rings. The van der Waals surface area contributed by atoms with Crippen LogP contribution in [0.15, 0.2) is 0 Å². The van der Waals surface area contributed by atoms with Crippen LogP contribution in [0.25, 0.3) is 0 Å². The first kappa shape index (κ1) is 9.97. The van der Waals surface area contributed by atoms with E-state index in [0.29, 0.717) is 0 Å². The van der Waals surface area contributed by atoms with Crippen LogP contribution in [0.1, 0.15) is 0 Å². The molecule has 0 aromatic carbocycles. The first-order valence-corrected chi connectivity index (χ1v) is 1.27. The molecule has 0 atom stereocenters. The summed E-state index contributed by atoms with van der Waals surface area (Å²) < 4.78 is 0. The van der Waals surface area contributed by atoms with E-state index in [1.165, 1.54) is 0 Å². The third-order valence-corrected chi connectivity index (χ3v) is 0.258. The zero-order valence-corrected chi connectivity index (χ0v) is 3.83. The Morgan fingerprint density at radius 3 is 1.75 bits per heavy atom. The lowest BCUT2D eigenvalue weighted by Gasteiger charge is -1.82. The van der Waals surface area contributed by atoms with Gasteiger partial charge >= 0.3 is 11.9 Å². The smallest absolute Gasteiger partial charge is 0.449 e. The summed E-state index contributed by atoms with van der Waals surface area (Å²) in [7, 11) is 0. The van der Waals surface area contributed by atoms with Gasteiger partial charge in [0.25, 0.3) is 0 Å². The van der Waals surface area contributed by atoms with Crippen LogP contribution < -0.4 is 6.15 Å². The van der Waals surface area contributed by atoms with Crippen LogP contribution in [0, 0.1) is 0 Å². The average molecular weight is 123 g/mol. The number of aliphatic carboxylic acids is 1. The summed E-state index contributed by atoms with van der Waals surface area (Å²) in [5.41, 5.74) is 0. The van der Waals surface area contributed by atoms with Crippen molar-refractivity contribution >= 4 is 11.9 Å². The molecule has 0 unspecified atom stereocenters. The zero-order chi connectivity index (χ0) is 5.86. The third kappa shape index (κ3) is 3.07. The van der Waals surface area contributed by atoms with Gasteiger partial charge < -0.3 is 11.3 Å². The summed E-state index contributed by atoms with van der Waals surface area (Å²) >= 11 is 0. The molecule has 0 saturated heterocycles. The number of hydrogen-bond acceptors (Lipinski definition) is 5.